The molecule has 1 heterocycles. The molecule has 1 atom stereocenters. The van der Waals surface area contributed by atoms with Crippen LogP contribution in [0.3, 0.4) is 0 Å². The zero-order valence-corrected chi connectivity index (χ0v) is 5.64. The molecule has 9 heavy (non-hydrogen) atoms. The maximum Gasteiger partial charge on any atom is 0.127 e. The molecule has 1 rings (SSSR count). The Morgan fingerprint density at radius 1 is 1.56 bits per heavy atom. The number of rotatable bonds is 0. The van der Waals surface area contributed by atoms with Gasteiger partial charge in [-0.15, -0.1) is 0 Å². The lowest BCUT2D eigenvalue weighted by atomic mass is 10.6. The molecule has 0 aromatic heterocycles. The van der Waals surface area contributed by atoms with Crippen molar-refractivity contribution in [1.29, 1.82) is 0 Å². The van der Waals surface area contributed by atoms with Gasteiger partial charge in [-0.3, -0.25) is 14.4 Å². The minimum atomic E-state index is -2.57. The summed E-state index contributed by atoms with van der Waals surface area (Å²) in [5.41, 5.74) is 0. The summed E-state index contributed by atoms with van der Waals surface area (Å²) in [6, 6.07) is 0. The molecular weight excluding hydrogens is 142 g/mol. The fourth-order valence-corrected chi connectivity index (χ4v) is 1.74. The van der Waals surface area contributed by atoms with Crippen molar-refractivity contribution in [1.82, 2.24) is 5.32 Å². The molecule has 5 heteroatoms. The van der Waals surface area contributed by atoms with E-state index in [4.69, 9.17) is 14.2 Å². The zero-order valence-electron chi connectivity index (χ0n) is 4.82. The van der Waals surface area contributed by atoms with Gasteiger partial charge in [0.1, 0.15) is 12.0 Å². The first-order chi connectivity index (χ1) is 4.10. The average molecular weight is 152 g/mol. The molecule has 1 aliphatic rings. The van der Waals surface area contributed by atoms with Crippen molar-refractivity contribution in [2.24, 2.45) is 0 Å². The number of hydrogen-bond acceptors (Lipinski definition) is 4. The number of nitrogens with one attached hydrogen (secondary N) is 1. The van der Waals surface area contributed by atoms with Crippen molar-refractivity contribution in [3.63, 3.8) is 0 Å². The van der Waals surface area contributed by atoms with Gasteiger partial charge in [0.15, 0.2) is 0 Å². The Bertz CT molecular complexity index is 108. The van der Waals surface area contributed by atoms with E-state index in [1.54, 1.807) is 0 Å². The Hall–Kier alpha value is 0.190. The van der Waals surface area contributed by atoms with Gasteiger partial charge in [-0.2, -0.15) is 10.6 Å². The van der Waals surface area contributed by atoms with Crippen molar-refractivity contribution in [2.75, 3.05) is 12.3 Å². The molecule has 1 radical (unpaired) electrons. The summed E-state index contributed by atoms with van der Waals surface area (Å²) in [6.07, 6.45) is -0.858. The summed E-state index contributed by atoms with van der Waals surface area (Å²) in [7, 11) is -2.57. The molecule has 0 saturated carbocycles. The van der Waals surface area contributed by atoms with Crippen LogP contribution in [0.15, 0.2) is 0 Å². The van der Waals surface area contributed by atoms with Crippen LogP contribution >= 0.6 is 10.6 Å². The summed E-state index contributed by atoms with van der Waals surface area (Å²) in [4.78, 5) is 0. The highest BCUT2D eigenvalue weighted by atomic mass is 32.3. The van der Waals surface area contributed by atoms with E-state index >= 15 is 0 Å². The van der Waals surface area contributed by atoms with Crippen molar-refractivity contribution in [3.8, 4) is 0 Å². The fraction of sp³-hybridized carbons (Fsp3) is 0.750. The SMILES string of the molecule is OC1[CH]S(O)(O)CCN1. The quantitative estimate of drug-likeness (QED) is 0.388. The Morgan fingerprint density at radius 3 is 2.56 bits per heavy atom. The molecule has 1 unspecified atom stereocenters. The standard InChI is InChI=1S/C4H10NO3S/c6-4-3-9(7,8)2-1-5-4/h3-8H,1-2H2. The molecule has 55 valence electrons. The minimum absolute atomic E-state index is 0.310. The number of hydrogen-bond donors (Lipinski definition) is 4. The van der Waals surface area contributed by atoms with Gasteiger partial charge in [-0.25, -0.2) is 0 Å². The normalized spacial score (nSPS) is 37.9. The van der Waals surface area contributed by atoms with Crippen LogP contribution in [0.25, 0.3) is 0 Å². The second kappa shape index (κ2) is 2.43. The van der Waals surface area contributed by atoms with Crippen LogP contribution < -0.4 is 5.32 Å². The van der Waals surface area contributed by atoms with Crippen LogP contribution in [-0.4, -0.2) is 32.7 Å². The van der Waals surface area contributed by atoms with Crippen LogP contribution in [0.4, 0.5) is 0 Å². The van der Waals surface area contributed by atoms with E-state index in [1.165, 1.54) is 0 Å². The van der Waals surface area contributed by atoms with E-state index in [-0.39, 0.29) is 0 Å². The molecule has 4 N–H and O–H groups in total. The highest BCUT2D eigenvalue weighted by Crippen LogP contribution is 2.43. The molecule has 0 amide bonds. The van der Waals surface area contributed by atoms with E-state index in [9.17, 15) is 0 Å². The Morgan fingerprint density at radius 2 is 2.22 bits per heavy atom. The third-order valence-electron chi connectivity index (χ3n) is 1.10. The number of aliphatic hydroxyl groups is 1. The van der Waals surface area contributed by atoms with Crippen molar-refractivity contribution in [3.05, 3.63) is 5.75 Å². The average Bonchev–Trinajstić information content (AvgIpc) is 1.60. The van der Waals surface area contributed by atoms with Crippen LogP contribution in [0.5, 0.6) is 0 Å². The van der Waals surface area contributed by atoms with E-state index in [1.807, 2.05) is 0 Å². The van der Waals surface area contributed by atoms with Gasteiger partial charge < -0.3 is 5.11 Å². The summed E-state index contributed by atoms with van der Waals surface area (Å²) >= 11 is 0. The van der Waals surface area contributed by atoms with Gasteiger partial charge in [0, 0.05) is 6.54 Å². The topological polar surface area (TPSA) is 72.7 Å². The first-order valence-corrected chi connectivity index (χ1v) is 4.40. The van der Waals surface area contributed by atoms with E-state index < -0.39 is 16.8 Å². The smallest absolute Gasteiger partial charge is 0.127 e. The number of aliphatic hydroxyl groups excluding tert-OH is 1. The van der Waals surface area contributed by atoms with Gasteiger partial charge in [0.05, 0.1) is 5.75 Å². The highest BCUT2D eigenvalue weighted by molar-refractivity contribution is 8.26. The minimum Gasteiger partial charge on any atom is -0.377 e. The largest absolute Gasteiger partial charge is 0.377 e. The van der Waals surface area contributed by atoms with Crippen molar-refractivity contribution < 1.29 is 14.2 Å². The summed E-state index contributed by atoms with van der Waals surface area (Å²) in [5.74, 6) is 1.44. The maximum absolute atomic E-state index is 8.93. The lowest BCUT2D eigenvalue weighted by molar-refractivity contribution is 0.172. The molecule has 1 aliphatic heterocycles. The lowest BCUT2D eigenvalue weighted by Crippen LogP contribution is -2.39. The summed E-state index contributed by atoms with van der Waals surface area (Å²) in [5, 5.41) is 11.4. The fourth-order valence-electron chi connectivity index (χ4n) is 0.680. The Kier molecular flexibility index (Phi) is 1.97. The van der Waals surface area contributed by atoms with Gasteiger partial charge >= 0.3 is 0 Å². The Labute approximate surface area is 55.2 Å². The third kappa shape index (κ3) is 2.11. The Balaban J connectivity index is 2.41. The second-order valence-electron chi connectivity index (χ2n) is 1.96. The van der Waals surface area contributed by atoms with Crippen molar-refractivity contribution >= 4 is 10.6 Å². The molecule has 0 aromatic carbocycles. The second-order valence-corrected chi connectivity index (χ2v) is 4.07. The maximum atomic E-state index is 8.93. The lowest BCUT2D eigenvalue weighted by Gasteiger charge is -2.37. The van der Waals surface area contributed by atoms with E-state index in [2.05, 4.69) is 5.32 Å². The van der Waals surface area contributed by atoms with Crippen LogP contribution in [0, 0.1) is 5.75 Å². The molecule has 1 fully saturated rings. The predicted molar refractivity (Wildman–Crippen MR) is 36.0 cm³/mol. The highest BCUT2D eigenvalue weighted by Gasteiger charge is 2.22. The van der Waals surface area contributed by atoms with Crippen LogP contribution in [0.2, 0.25) is 0 Å². The summed E-state index contributed by atoms with van der Waals surface area (Å²) < 4.78 is 17.9. The molecule has 0 aliphatic carbocycles. The molecule has 4 nitrogen and oxygen atoms in total. The molecule has 0 aromatic rings. The molecule has 1 saturated heterocycles. The van der Waals surface area contributed by atoms with Gasteiger partial charge in [0.2, 0.25) is 0 Å². The van der Waals surface area contributed by atoms with Crippen LogP contribution in [0.1, 0.15) is 0 Å². The predicted octanol–water partition coefficient (Wildman–Crippen LogP) is -0.180. The first kappa shape index (κ1) is 7.30. The third-order valence-corrected chi connectivity index (χ3v) is 2.60. The van der Waals surface area contributed by atoms with Gasteiger partial charge in [0.25, 0.3) is 0 Å². The summed E-state index contributed by atoms with van der Waals surface area (Å²) in [6.45, 7) is 0.458. The van der Waals surface area contributed by atoms with Gasteiger partial charge in [-0.1, -0.05) is 0 Å². The van der Waals surface area contributed by atoms with Crippen molar-refractivity contribution in [2.45, 2.75) is 6.23 Å². The van der Waals surface area contributed by atoms with E-state index in [0.29, 0.717) is 12.3 Å². The zero-order chi connectivity index (χ0) is 6.91. The van der Waals surface area contributed by atoms with Gasteiger partial charge in [-0.05, 0) is 0 Å². The van der Waals surface area contributed by atoms with E-state index in [0.717, 1.165) is 5.75 Å². The molecule has 0 bridgehead atoms. The molecular formula is C4H10NO3S. The molecule has 0 spiro atoms. The first-order valence-electron chi connectivity index (χ1n) is 2.62. The van der Waals surface area contributed by atoms with Crippen LogP contribution in [-0.2, 0) is 0 Å². The monoisotopic (exact) mass is 152 g/mol.